The van der Waals surface area contributed by atoms with Gasteiger partial charge in [0.15, 0.2) is 0 Å². The highest BCUT2D eigenvalue weighted by Gasteiger charge is 2.22. The molecule has 1 aromatic carbocycles. The zero-order valence-electron chi connectivity index (χ0n) is 7.00. The zero-order valence-corrected chi connectivity index (χ0v) is 7.00. The second kappa shape index (κ2) is 3.36. The van der Waals surface area contributed by atoms with Gasteiger partial charge in [-0.1, -0.05) is 6.07 Å². The van der Waals surface area contributed by atoms with Crippen molar-refractivity contribution in [3.8, 4) is 0 Å². The number of hydrogen-bond donors (Lipinski definition) is 1. The van der Waals surface area contributed by atoms with Gasteiger partial charge in [0.05, 0.1) is 12.3 Å². The second-order valence-corrected chi connectivity index (χ2v) is 3.05. The Kier molecular flexibility index (Phi) is 2.20. The molecule has 5 heteroatoms. The topological polar surface area (TPSA) is 44.5 Å². The Balaban J connectivity index is 2.25. The highest BCUT2D eigenvalue weighted by Crippen LogP contribution is 2.22. The van der Waals surface area contributed by atoms with E-state index in [1.807, 2.05) is 0 Å². The monoisotopic (exact) mass is 181 g/mol. The molecule has 0 radical (unpaired) electrons. The molecule has 1 aliphatic heterocycles. The first-order valence-electron chi connectivity index (χ1n) is 4.06. The van der Waals surface area contributed by atoms with Gasteiger partial charge in [0, 0.05) is 5.82 Å². The number of nitrogens with two attached hydrogens (primary N) is 1. The van der Waals surface area contributed by atoms with E-state index in [0.29, 0.717) is 14.1 Å². The molecule has 0 aromatic heterocycles. The normalized spacial score (nSPS) is 21.5. The maximum Gasteiger partial charge on any atom is 0.333 e. The minimum absolute atomic E-state index is 0.120. The maximum atomic E-state index is 13.0. The summed E-state index contributed by atoms with van der Waals surface area (Å²) in [6.07, 6.45) is 0. The molecule has 0 aliphatic carbocycles. The van der Waals surface area contributed by atoms with Crippen LogP contribution in [0.2, 0.25) is 0 Å². The molecule has 2 N–H and O–H groups in total. The number of hydrogen-bond acceptors (Lipinski definition) is 3. The number of anilines is 1. The summed E-state index contributed by atoms with van der Waals surface area (Å²) in [6.45, 7) is 0.476. The standard InChI is InChI=1S/C8H9BFNO2/c10-7-3-5(1-2-8(7)11)6-4-12-13-9-6/h1-3,6,9H,4,11H2. The van der Waals surface area contributed by atoms with Gasteiger partial charge in [0.1, 0.15) is 5.82 Å². The van der Waals surface area contributed by atoms with Crippen LogP contribution in [0.25, 0.3) is 0 Å². The molecule has 1 unspecified atom stereocenters. The molecule has 68 valence electrons. The Morgan fingerprint density at radius 2 is 2.38 bits per heavy atom. The van der Waals surface area contributed by atoms with Crippen molar-refractivity contribution < 1.29 is 14.1 Å². The molecule has 13 heavy (non-hydrogen) atoms. The predicted octanol–water partition coefficient (Wildman–Crippen LogP) is 0.762. The fourth-order valence-electron chi connectivity index (χ4n) is 1.30. The molecule has 0 amide bonds. The van der Waals surface area contributed by atoms with E-state index in [0.717, 1.165) is 5.56 Å². The van der Waals surface area contributed by atoms with E-state index < -0.39 is 0 Å². The SMILES string of the molecule is Nc1ccc(C2BOOC2)cc1F. The van der Waals surface area contributed by atoms with Crippen LogP contribution in [0.4, 0.5) is 10.1 Å². The Bertz CT molecular complexity index is 315. The number of nitrogen functional groups attached to an aromatic ring is 1. The Morgan fingerprint density at radius 1 is 1.54 bits per heavy atom. The van der Waals surface area contributed by atoms with E-state index >= 15 is 0 Å². The molecule has 0 bridgehead atoms. The summed E-state index contributed by atoms with van der Waals surface area (Å²) in [5.74, 6) is -0.264. The number of benzene rings is 1. The lowest BCUT2D eigenvalue weighted by Gasteiger charge is -2.05. The van der Waals surface area contributed by atoms with E-state index in [2.05, 4.69) is 0 Å². The van der Waals surface area contributed by atoms with Crippen molar-refractivity contribution in [2.75, 3.05) is 12.3 Å². The van der Waals surface area contributed by atoms with E-state index in [4.69, 9.17) is 15.4 Å². The third kappa shape index (κ3) is 1.66. The lowest BCUT2D eigenvalue weighted by atomic mass is 9.77. The molecule has 1 aromatic rings. The summed E-state index contributed by atoms with van der Waals surface area (Å²) in [7, 11) is 0.476. The van der Waals surface area contributed by atoms with Gasteiger partial charge in [-0.25, -0.2) is 4.39 Å². The van der Waals surface area contributed by atoms with E-state index in [-0.39, 0.29) is 17.3 Å². The molecule has 2 rings (SSSR count). The molecule has 1 aliphatic rings. The molecule has 1 fully saturated rings. The van der Waals surface area contributed by atoms with Crippen LogP contribution in [-0.4, -0.2) is 14.1 Å². The largest absolute Gasteiger partial charge is 0.396 e. The first kappa shape index (κ1) is 8.53. The van der Waals surface area contributed by atoms with Gasteiger partial charge in [-0.2, -0.15) is 0 Å². The number of halogens is 1. The summed E-state index contributed by atoms with van der Waals surface area (Å²) in [5.41, 5.74) is 6.38. The molecule has 0 spiro atoms. The summed E-state index contributed by atoms with van der Waals surface area (Å²) in [4.78, 5) is 9.46. The molecule has 1 atom stereocenters. The molecular weight excluding hydrogens is 172 g/mol. The number of rotatable bonds is 1. The zero-order chi connectivity index (χ0) is 9.26. The summed E-state index contributed by atoms with van der Waals surface area (Å²) < 4.78 is 13.0. The van der Waals surface area contributed by atoms with E-state index in [9.17, 15) is 4.39 Å². The van der Waals surface area contributed by atoms with Crippen LogP contribution in [0.15, 0.2) is 18.2 Å². The van der Waals surface area contributed by atoms with Crippen molar-refractivity contribution in [1.29, 1.82) is 0 Å². The van der Waals surface area contributed by atoms with Crippen molar-refractivity contribution in [3.63, 3.8) is 0 Å². The van der Waals surface area contributed by atoms with Crippen LogP contribution in [-0.2, 0) is 9.69 Å². The van der Waals surface area contributed by atoms with Crippen molar-refractivity contribution in [2.24, 2.45) is 0 Å². The summed E-state index contributed by atoms with van der Waals surface area (Å²) in [6, 6.07) is 4.78. The van der Waals surface area contributed by atoms with Crippen LogP contribution in [0, 0.1) is 5.82 Å². The molecule has 0 saturated carbocycles. The van der Waals surface area contributed by atoms with Crippen molar-refractivity contribution in [1.82, 2.24) is 0 Å². The van der Waals surface area contributed by atoms with E-state index in [1.165, 1.54) is 6.07 Å². The molecular formula is C8H9BFNO2. The second-order valence-electron chi connectivity index (χ2n) is 3.05. The highest BCUT2D eigenvalue weighted by molar-refractivity contribution is 6.30. The third-order valence-corrected chi connectivity index (χ3v) is 2.12. The predicted molar refractivity (Wildman–Crippen MR) is 47.7 cm³/mol. The van der Waals surface area contributed by atoms with Gasteiger partial charge in [0.25, 0.3) is 0 Å². The summed E-state index contributed by atoms with van der Waals surface area (Å²) >= 11 is 0. The lowest BCUT2D eigenvalue weighted by molar-refractivity contribution is -0.183. The van der Waals surface area contributed by atoms with Crippen molar-refractivity contribution in [2.45, 2.75) is 5.82 Å². The lowest BCUT2D eigenvalue weighted by Crippen LogP contribution is -2.05. The van der Waals surface area contributed by atoms with Crippen LogP contribution in [0.5, 0.6) is 0 Å². The summed E-state index contributed by atoms with van der Waals surface area (Å²) in [5, 5.41) is 0. The van der Waals surface area contributed by atoms with E-state index in [1.54, 1.807) is 12.1 Å². The van der Waals surface area contributed by atoms with Crippen LogP contribution in [0.3, 0.4) is 0 Å². The van der Waals surface area contributed by atoms with Gasteiger partial charge in [-0.3, -0.25) is 4.89 Å². The molecule has 1 heterocycles. The fourth-order valence-corrected chi connectivity index (χ4v) is 1.30. The van der Waals surface area contributed by atoms with Gasteiger partial charge in [-0.05, 0) is 17.7 Å². The Labute approximate surface area is 75.8 Å². The van der Waals surface area contributed by atoms with Gasteiger partial charge in [0.2, 0.25) is 0 Å². The van der Waals surface area contributed by atoms with Gasteiger partial charge >= 0.3 is 7.48 Å². The minimum Gasteiger partial charge on any atom is -0.396 e. The fraction of sp³-hybridized carbons (Fsp3) is 0.250. The smallest absolute Gasteiger partial charge is 0.333 e. The van der Waals surface area contributed by atoms with Gasteiger partial charge in [-0.15, -0.1) is 0 Å². The van der Waals surface area contributed by atoms with Crippen LogP contribution < -0.4 is 5.73 Å². The Hall–Kier alpha value is -1.07. The van der Waals surface area contributed by atoms with Crippen LogP contribution in [0.1, 0.15) is 11.4 Å². The third-order valence-electron chi connectivity index (χ3n) is 2.12. The minimum atomic E-state index is -0.385. The average Bonchev–Trinajstić information content (AvgIpc) is 2.62. The quantitative estimate of drug-likeness (QED) is 0.395. The van der Waals surface area contributed by atoms with Crippen molar-refractivity contribution in [3.05, 3.63) is 29.6 Å². The highest BCUT2D eigenvalue weighted by atomic mass is 19.1. The first-order chi connectivity index (χ1) is 6.27. The maximum absolute atomic E-state index is 13.0. The average molecular weight is 181 g/mol. The first-order valence-corrected chi connectivity index (χ1v) is 4.06. The molecule has 1 saturated heterocycles. The van der Waals surface area contributed by atoms with Crippen LogP contribution >= 0.6 is 0 Å². The van der Waals surface area contributed by atoms with Crippen molar-refractivity contribution >= 4 is 13.2 Å². The Morgan fingerprint density at radius 3 is 3.00 bits per heavy atom. The van der Waals surface area contributed by atoms with Gasteiger partial charge < -0.3 is 10.5 Å². The molecule has 3 nitrogen and oxygen atoms in total.